The van der Waals surface area contributed by atoms with Crippen molar-refractivity contribution in [3.8, 4) is 11.5 Å². The summed E-state index contributed by atoms with van der Waals surface area (Å²) in [5.74, 6) is 0.509. The van der Waals surface area contributed by atoms with Gasteiger partial charge in [-0.2, -0.15) is 0 Å². The van der Waals surface area contributed by atoms with Crippen LogP contribution >= 0.6 is 45.8 Å². The first-order valence-electron chi connectivity index (χ1n) is 10.5. The standard InChI is InChI=1S/C26H20Cl2INO4/c1-3-32-23-12-17(10-21(28)24(23)33-14-16-6-4-5-15(2)9-16)11-22-26(31)34-25(30-22)19-13-18(29)7-8-20(19)27/h4-13H,3,14H2,1-2H3/b22-11+. The van der Waals surface area contributed by atoms with Gasteiger partial charge in [-0.05, 0) is 84.0 Å². The predicted molar refractivity (Wildman–Crippen MR) is 143 cm³/mol. The number of esters is 1. The molecule has 0 amide bonds. The van der Waals surface area contributed by atoms with E-state index in [4.69, 9.17) is 37.4 Å². The number of hydrogen-bond acceptors (Lipinski definition) is 5. The van der Waals surface area contributed by atoms with E-state index in [1.165, 1.54) is 0 Å². The van der Waals surface area contributed by atoms with Crippen molar-refractivity contribution in [1.82, 2.24) is 0 Å². The lowest BCUT2D eigenvalue weighted by molar-refractivity contribution is -0.129. The quantitative estimate of drug-likeness (QED) is 0.162. The molecule has 1 aliphatic rings. The molecule has 3 aromatic carbocycles. The lowest BCUT2D eigenvalue weighted by Crippen LogP contribution is -2.06. The van der Waals surface area contributed by atoms with Gasteiger partial charge in [-0.1, -0.05) is 53.0 Å². The maximum Gasteiger partial charge on any atom is 0.363 e. The normalized spacial score (nSPS) is 14.2. The minimum Gasteiger partial charge on any atom is -0.490 e. The van der Waals surface area contributed by atoms with E-state index in [-0.39, 0.29) is 11.6 Å². The number of carbonyl (C=O) groups is 1. The van der Waals surface area contributed by atoms with Gasteiger partial charge in [-0.25, -0.2) is 9.79 Å². The molecule has 8 heteroatoms. The number of aryl methyl sites for hydroxylation is 1. The van der Waals surface area contributed by atoms with Crippen LogP contribution in [0.1, 0.15) is 29.2 Å². The molecule has 0 fully saturated rings. The summed E-state index contributed by atoms with van der Waals surface area (Å²) in [6.45, 7) is 4.67. The second kappa shape index (κ2) is 10.8. The van der Waals surface area contributed by atoms with E-state index in [0.717, 1.165) is 14.7 Å². The van der Waals surface area contributed by atoms with Crippen molar-refractivity contribution < 1.29 is 19.0 Å². The average Bonchev–Trinajstić information content (AvgIpc) is 3.15. The molecule has 174 valence electrons. The van der Waals surface area contributed by atoms with Crippen LogP contribution in [0.4, 0.5) is 0 Å². The summed E-state index contributed by atoms with van der Waals surface area (Å²) in [6.07, 6.45) is 1.59. The van der Waals surface area contributed by atoms with Gasteiger partial charge in [0.1, 0.15) is 6.61 Å². The van der Waals surface area contributed by atoms with Crippen LogP contribution in [0.3, 0.4) is 0 Å². The third-order valence-electron chi connectivity index (χ3n) is 4.88. The Morgan fingerprint density at radius 3 is 2.65 bits per heavy atom. The number of aliphatic imine (C=N–C) groups is 1. The molecule has 0 saturated carbocycles. The molecule has 0 N–H and O–H groups in total. The van der Waals surface area contributed by atoms with Crippen molar-refractivity contribution in [1.29, 1.82) is 0 Å². The average molecular weight is 608 g/mol. The van der Waals surface area contributed by atoms with Crippen molar-refractivity contribution in [2.24, 2.45) is 4.99 Å². The Morgan fingerprint density at radius 1 is 1.06 bits per heavy atom. The van der Waals surface area contributed by atoms with Gasteiger partial charge in [-0.3, -0.25) is 0 Å². The van der Waals surface area contributed by atoms with Crippen LogP contribution in [0.25, 0.3) is 6.08 Å². The van der Waals surface area contributed by atoms with Gasteiger partial charge < -0.3 is 14.2 Å². The Bertz CT molecular complexity index is 1320. The van der Waals surface area contributed by atoms with Crippen LogP contribution in [0.15, 0.2) is 65.3 Å². The van der Waals surface area contributed by atoms with Gasteiger partial charge >= 0.3 is 5.97 Å². The first-order valence-corrected chi connectivity index (χ1v) is 12.3. The summed E-state index contributed by atoms with van der Waals surface area (Å²) in [4.78, 5) is 16.8. The highest BCUT2D eigenvalue weighted by Crippen LogP contribution is 2.38. The first kappa shape index (κ1) is 24.6. The van der Waals surface area contributed by atoms with E-state index in [1.54, 1.807) is 24.3 Å². The monoisotopic (exact) mass is 607 g/mol. The molecule has 5 nitrogen and oxygen atoms in total. The lowest BCUT2D eigenvalue weighted by atomic mass is 10.1. The van der Waals surface area contributed by atoms with Gasteiger partial charge in [0.05, 0.1) is 22.2 Å². The highest BCUT2D eigenvalue weighted by atomic mass is 127. The minimum absolute atomic E-state index is 0.136. The molecule has 0 aliphatic carbocycles. The SMILES string of the molecule is CCOc1cc(/C=C2/N=C(c3cc(I)ccc3Cl)OC2=O)cc(Cl)c1OCc1cccc(C)c1. The van der Waals surface area contributed by atoms with Crippen molar-refractivity contribution >= 4 is 63.7 Å². The van der Waals surface area contributed by atoms with Crippen molar-refractivity contribution in [2.75, 3.05) is 6.61 Å². The summed E-state index contributed by atoms with van der Waals surface area (Å²) in [7, 11) is 0. The van der Waals surface area contributed by atoms with Crippen LogP contribution in [-0.2, 0) is 16.1 Å². The zero-order chi connectivity index (χ0) is 24.2. The van der Waals surface area contributed by atoms with E-state index in [9.17, 15) is 4.79 Å². The van der Waals surface area contributed by atoms with E-state index >= 15 is 0 Å². The molecule has 0 unspecified atom stereocenters. The fourth-order valence-corrected chi connectivity index (χ4v) is 4.34. The zero-order valence-electron chi connectivity index (χ0n) is 18.4. The smallest absolute Gasteiger partial charge is 0.363 e. The molecule has 0 bridgehead atoms. The van der Waals surface area contributed by atoms with Crippen LogP contribution in [0, 0.1) is 10.5 Å². The molecule has 0 atom stereocenters. The van der Waals surface area contributed by atoms with Crippen molar-refractivity contribution in [3.05, 3.63) is 96.2 Å². The van der Waals surface area contributed by atoms with Crippen LogP contribution in [0.2, 0.25) is 10.0 Å². The molecule has 1 heterocycles. The minimum atomic E-state index is -0.571. The molecule has 0 saturated heterocycles. The Kier molecular flexibility index (Phi) is 7.80. The summed E-state index contributed by atoms with van der Waals surface area (Å²) < 4.78 is 18.1. The molecule has 0 radical (unpaired) electrons. The second-order valence-electron chi connectivity index (χ2n) is 7.50. The number of ether oxygens (including phenoxy) is 3. The van der Waals surface area contributed by atoms with E-state index in [0.29, 0.717) is 45.9 Å². The number of rotatable bonds is 7. The van der Waals surface area contributed by atoms with Gasteiger partial charge in [0, 0.05) is 3.57 Å². The Hall–Kier alpha value is -2.55. The molecular weight excluding hydrogens is 588 g/mol. The van der Waals surface area contributed by atoms with E-state index in [1.807, 2.05) is 50.2 Å². The van der Waals surface area contributed by atoms with E-state index in [2.05, 4.69) is 27.6 Å². The van der Waals surface area contributed by atoms with Gasteiger partial charge in [-0.15, -0.1) is 0 Å². The van der Waals surface area contributed by atoms with Gasteiger partial charge in [0.2, 0.25) is 5.90 Å². The zero-order valence-corrected chi connectivity index (χ0v) is 22.1. The van der Waals surface area contributed by atoms with Gasteiger partial charge in [0.15, 0.2) is 17.2 Å². The van der Waals surface area contributed by atoms with Crippen LogP contribution in [-0.4, -0.2) is 18.5 Å². The highest BCUT2D eigenvalue weighted by Gasteiger charge is 2.26. The summed E-state index contributed by atoms with van der Waals surface area (Å²) in [6, 6.07) is 16.9. The summed E-state index contributed by atoms with van der Waals surface area (Å²) >= 11 is 15.0. The molecular formula is C26H20Cl2INO4. The third-order valence-corrected chi connectivity index (χ3v) is 6.16. The number of carbonyl (C=O) groups excluding carboxylic acids is 1. The fraction of sp³-hybridized carbons (Fsp3) is 0.154. The van der Waals surface area contributed by atoms with Crippen LogP contribution < -0.4 is 9.47 Å². The number of hydrogen-bond donors (Lipinski definition) is 0. The van der Waals surface area contributed by atoms with Gasteiger partial charge in [0.25, 0.3) is 0 Å². The summed E-state index contributed by atoms with van der Waals surface area (Å²) in [5.41, 5.74) is 3.49. The van der Waals surface area contributed by atoms with Crippen molar-refractivity contribution in [3.63, 3.8) is 0 Å². The van der Waals surface area contributed by atoms with Crippen molar-refractivity contribution in [2.45, 2.75) is 20.5 Å². The topological polar surface area (TPSA) is 57.1 Å². The number of halogens is 3. The Labute approximate surface area is 221 Å². The van der Waals surface area contributed by atoms with E-state index < -0.39 is 5.97 Å². The fourth-order valence-electron chi connectivity index (χ4n) is 3.38. The molecule has 3 aromatic rings. The summed E-state index contributed by atoms with van der Waals surface area (Å²) in [5, 5.41) is 0.812. The Morgan fingerprint density at radius 2 is 1.88 bits per heavy atom. The first-order chi connectivity index (χ1) is 16.3. The second-order valence-corrected chi connectivity index (χ2v) is 9.56. The third kappa shape index (κ3) is 5.74. The maximum atomic E-state index is 12.5. The molecule has 4 rings (SSSR count). The van der Waals surface area contributed by atoms with Crippen LogP contribution in [0.5, 0.6) is 11.5 Å². The number of nitrogens with zero attached hydrogens (tertiary/aromatic N) is 1. The predicted octanol–water partition coefficient (Wildman–Crippen LogP) is 7.23. The number of cyclic esters (lactones) is 1. The largest absolute Gasteiger partial charge is 0.490 e. The molecule has 1 aliphatic heterocycles. The molecule has 0 spiro atoms. The lowest BCUT2D eigenvalue weighted by Gasteiger charge is -2.15. The molecule has 0 aromatic heterocycles. The highest BCUT2D eigenvalue weighted by molar-refractivity contribution is 14.1. The number of benzene rings is 3. The maximum absolute atomic E-state index is 12.5. The Balaban J connectivity index is 1.63. The molecule has 34 heavy (non-hydrogen) atoms.